The third-order valence-electron chi connectivity index (χ3n) is 3.59. The van der Waals surface area contributed by atoms with E-state index in [9.17, 15) is 4.79 Å². The summed E-state index contributed by atoms with van der Waals surface area (Å²) in [4.78, 5) is 16.4. The molecule has 25 heavy (non-hydrogen) atoms. The van der Waals surface area contributed by atoms with Crippen LogP contribution in [0.1, 0.15) is 21.6 Å². The van der Waals surface area contributed by atoms with Gasteiger partial charge in [-0.15, -0.1) is 0 Å². The van der Waals surface area contributed by atoms with Gasteiger partial charge in [0, 0.05) is 24.1 Å². The summed E-state index contributed by atoms with van der Waals surface area (Å²) < 4.78 is 0. The standard InChI is InChI=1S/C20H16N4O/c21-13-15-6-8-17(9-7-15)24-18-10-11-22-19(12-18)20(25)23-14-16-4-2-1-3-5-16/h1-12H,14H2,(H,22,24)(H,23,25). The molecular weight excluding hydrogens is 312 g/mol. The van der Waals surface area contributed by atoms with E-state index in [0.717, 1.165) is 16.9 Å². The Morgan fingerprint density at radius 1 is 1.00 bits per heavy atom. The topological polar surface area (TPSA) is 77.8 Å². The Labute approximate surface area is 146 Å². The van der Waals surface area contributed by atoms with Gasteiger partial charge in [0.25, 0.3) is 5.91 Å². The molecule has 2 N–H and O–H groups in total. The van der Waals surface area contributed by atoms with Gasteiger partial charge >= 0.3 is 0 Å². The molecule has 3 aromatic rings. The summed E-state index contributed by atoms with van der Waals surface area (Å²) in [5.41, 5.74) is 3.56. The molecule has 0 atom stereocenters. The van der Waals surface area contributed by atoms with Gasteiger partial charge in [0.2, 0.25) is 0 Å². The molecule has 0 aliphatic rings. The molecule has 0 saturated carbocycles. The van der Waals surface area contributed by atoms with Crippen LogP contribution < -0.4 is 10.6 Å². The highest BCUT2D eigenvalue weighted by Gasteiger charge is 2.08. The number of hydrogen-bond donors (Lipinski definition) is 2. The first-order valence-corrected chi connectivity index (χ1v) is 7.80. The average molecular weight is 328 g/mol. The summed E-state index contributed by atoms with van der Waals surface area (Å²) in [6.07, 6.45) is 1.59. The van der Waals surface area contributed by atoms with Crippen molar-refractivity contribution in [1.29, 1.82) is 5.26 Å². The zero-order valence-electron chi connectivity index (χ0n) is 13.4. The largest absolute Gasteiger partial charge is 0.355 e. The highest BCUT2D eigenvalue weighted by molar-refractivity contribution is 5.93. The monoisotopic (exact) mass is 328 g/mol. The van der Waals surface area contributed by atoms with Gasteiger partial charge in [0.05, 0.1) is 11.6 Å². The molecule has 5 nitrogen and oxygen atoms in total. The molecule has 5 heteroatoms. The van der Waals surface area contributed by atoms with Crippen molar-refractivity contribution in [2.75, 3.05) is 5.32 Å². The maximum absolute atomic E-state index is 12.3. The van der Waals surface area contributed by atoms with Gasteiger partial charge in [-0.2, -0.15) is 5.26 Å². The first kappa shape index (κ1) is 16.2. The molecule has 1 amide bonds. The summed E-state index contributed by atoms with van der Waals surface area (Å²) in [6, 6.07) is 22.4. The van der Waals surface area contributed by atoms with Crippen LogP contribution in [0.5, 0.6) is 0 Å². The van der Waals surface area contributed by atoms with Crippen LogP contribution in [0.3, 0.4) is 0 Å². The number of anilines is 2. The lowest BCUT2D eigenvalue weighted by Gasteiger charge is -2.09. The third kappa shape index (κ3) is 4.43. The maximum atomic E-state index is 12.3. The van der Waals surface area contributed by atoms with Crippen LogP contribution in [0.4, 0.5) is 11.4 Å². The van der Waals surface area contributed by atoms with Crippen molar-refractivity contribution in [2.24, 2.45) is 0 Å². The highest BCUT2D eigenvalue weighted by Crippen LogP contribution is 2.17. The van der Waals surface area contributed by atoms with E-state index in [4.69, 9.17) is 5.26 Å². The molecule has 1 heterocycles. The quantitative estimate of drug-likeness (QED) is 0.750. The predicted octanol–water partition coefficient (Wildman–Crippen LogP) is 3.63. The summed E-state index contributed by atoms with van der Waals surface area (Å²) >= 11 is 0. The van der Waals surface area contributed by atoms with Gasteiger partial charge in [-0.25, -0.2) is 0 Å². The molecule has 122 valence electrons. The minimum Gasteiger partial charge on any atom is -0.355 e. The van der Waals surface area contributed by atoms with Gasteiger partial charge in [-0.1, -0.05) is 30.3 Å². The van der Waals surface area contributed by atoms with Crippen molar-refractivity contribution in [3.05, 3.63) is 89.7 Å². The Bertz CT molecular complexity index is 899. The molecule has 0 spiro atoms. The number of carbonyl (C=O) groups excluding carboxylic acids is 1. The molecule has 0 fully saturated rings. The minimum absolute atomic E-state index is 0.229. The van der Waals surface area contributed by atoms with Crippen molar-refractivity contribution in [3.63, 3.8) is 0 Å². The van der Waals surface area contributed by atoms with Gasteiger partial charge in [-0.05, 0) is 42.0 Å². The summed E-state index contributed by atoms with van der Waals surface area (Å²) in [5.74, 6) is -0.229. The van der Waals surface area contributed by atoms with Crippen molar-refractivity contribution in [2.45, 2.75) is 6.54 Å². The Balaban J connectivity index is 1.66. The number of nitriles is 1. The Kier molecular flexibility index (Phi) is 5.03. The number of rotatable bonds is 5. The third-order valence-corrected chi connectivity index (χ3v) is 3.59. The molecule has 1 aromatic heterocycles. The number of nitrogens with zero attached hydrogens (tertiary/aromatic N) is 2. The molecule has 0 aliphatic heterocycles. The Morgan fingerprint density at radius 2 is 1.76 bits per heavy atom. The van der Waals surface area contributed by atoms with E-state index in [-0.39, 0.29) is 5.91 Å². The SMILES string of the molecule is N#Cc1ccc(Nc2ccnc(C(=O)NCc3ccccc3)c2)cc1. The van der Waals surface area contributed by atoms with E-state index < -0.39 is 0 Å². The van der Waals surface area contributed by atoms with Crippen LogP contribution in [-0.4, -0.2) is 10.9 Å². The summed E-state index contributed by atoms with van der Waals surface area (Å²) in [7, 11) is 0. The maximum Gasteiger partial charge on any atom is 0.270 e. The van der Waals surface area contributed by atoms with Gasteiger partial charge < -0.3 is 10.6 Å². The number of aromatic nitrogens is 1. The number of benzene rings is 2. The second-order valence-electron chi connectivity index (χ2n) is 5.41. The van der Waals surface area contributed by atoms with Crippen LogP contribution in [0, 0.1) is 11.3 Å². The van der Waals surface area contributed by atoms with E-state index in [1.807, 2.05) is 42.5 Å². The van der Waals surface area contributed by atoms with E-state index in [1.54, 1.807) is 30.5 Å². The Morgan fingerprint density at radius 3 is 2.48 bits per heavy atom. The van der Waals surface area contributed by atoms with E-state index in [1.165, 1.54) is 0 Å². The minimum atomic E-state index is -0.229. The molecule has 0 saturated heterocycles. The van der Waals surface area contributed by atoms with Crippen LogP contribution in [0.15, 0.2) is 72.9 Å². The number of amides is 1. The second-order valence-corrected chi connectivity index (χ2v) is 5.41. The van der Waals surface area contributed by atoms with E-state index in [0.29, 0.717) is 17.8 Å². The van der Waals surface area contributed by atoms with Crippen molar-refractivity contribution < 1.29 is 4.79 Å². The lowest BCUT2D eigenvalue weighted by Crippen LogP contribution is -2.23. The number of hydrogen-bond acceptors (Lipinski definition) is 4. The second kappa shape index (κ2) is 7.75. The smallest absolute Gasteiger partial charge is 0.270 e. The predicted molar refractivity (Wildman–Crippen MR) is 96.3 cm³/mol. The first-order valence-electron chi connectivity index (χ1n) is 7.80. The molecule has 0 bridgehead atoms. The van der Waals surface area contributed by atoms with Crippen LogP contribution in [-0.2, 0) is 6.54 Å². The van der Waals surface area contributed by atoms with Crippen molar-refractivity contribution >= 4 is 17.3 Å². The van der Waals surface area contributed by atoms with Gasteiger partial charge in [0.1, 0.15) is 5.69 Å². The van der Waals surface area contributed by atoms with Gasteiger partial charge in [0.15, 0.2) is 0 Å². The number of carbonyl (C=O) groups is 1. The fourth-order valence-corrected chi connectivity index (χ4v) is 2.30. The van der Waals surface area contributed by atoms with Crippen LogP contribution in [0.2, 0.25) is 0 Å². The molecule has 0 aliphatic carbocycles. The van der Waals surface area contributed by atoms with Crippen molar-refractivity contribution in [1.82, 2.24) is 10.3 Å². The average Bonchev–Trinajstić information content (AvgIpc) is 2.68. The lowest BCUT2D eigenvalue weighted by molar-refractivity contribution is 0.0946. The molecular formula is C20H16N4O. The highest BCUT2D eigenvalue weighted by atomic mass is 16.1. The van der Waals surface area contributed by atoms with E-state index >= 15 is 0 Å². The number of nitrogens with one attached hydrogen (secondary N) is 2. The van der Waals surface area contributed by atoms with Gasteiger partial charge in [-0.3, -0.25) is 9.78 Å². The summed E-state index contributed by atoms with van der Waals surface area (Å²) in [6.45, 7) is 0.453. The van der Waals surface area contributed by atoms with E-state index in [2.05, 4.69) is 21.7 Å². The van der Waals surface area contributed by atoms with Crippen LogP contribution >= 0.6 is 0 Å². The molecule has 2 aromatic carbocycles. The molecule has 0 unspecified atom stereocenters. The Hall–Kier alpha value is -3.65. The summed E-state index contributed by atoms with van der Waals surface area (Å²) in [5, 5.41) is 14.9. The zero-order chi connectivity index (χ0) is 17.5. The number of pyridine rings is 1. The first-order chi connectivity index (χ1) is 12.2. The van der Waals surface area contributed by atoms with Crippen molar-refractivity contribution in [3.8, 4) is 6.07 Å². The molecule has 3 rings (SSSR count). The lowest BCUT2D eigenvalue weighted by atomic mass is 10.2. The fraction of sp³-hybridized carbons (Fsp3) is 0.0500. The normalized spacial score (nSPS) is 9.88. The fourth-order valence-electron chi connectivity index (χ4n) is 2.30. The zero-order valence-corrected chi connectivity index (χ0v) is 13.4. The molecule has 0 radical (unpaired) electrons. The van der Waals surface area contributed by atoms with Crippen LogP contribution in [0.25, 0.3) is 0 Å².